The van der Waals surface area contributed by atoms with Gasteiger partial charge in [-0.15, -0.1) is 0 Å². The smallest absolute Gasteiger partial charge is 0.250 e. The van der Waals surface area contributed by atoms with E-state index in [4.69, 9.17) is 9.47 Å². The van der Waals surface area contributed by atoms with Crippen LogP contribution in [0.3, 0.4) is 0 Å². The third kappa shape index (κ3) is 2.47. The molecule has 0 saturated heterocycles. The number of nitrogens with zero attached hydrogens (tertiary/aromatic N) is 2. The highest BCUT2D eigenvalue weighted by Gasteiger charge is 2.35. The van der Waals surface area contributed by atoms with Crippen molar-refractivity contribution in [2.45, 2.75) is 0 Å². The zero-order valence-corrected chi connectivity index (χ0v) is 12.8. The van der Waals surface area contributed by atoms with Gasteiger partial charge in [-0.2, -0.15) is 0 Å². The zero-order chi connectivity index (χ0) is 17.3. The molecule has 1 aromatic carbocycles. The summed E-state index contributed by atoms with van der Waals surface area (Å²) in [5.74, 6) is -1.84. The van der Waals surface area contributed by atoms with E-state index in [1.54, 1.807) is 0 Å². The molecule has 0 spiro atoms. The quantitative estimate of drug-likeness (QED) is 0.917. The Morgan fingerprint density at radius 1 is 1.00 bits per heavy atom. The van der Waals surface area contributed by atoms with E-state index in [-0.39, 0.29) is 28.6 Å². The fraction of sp³-hybridized carbons (Fsp3) is 0.125. The van der Waals surface area contributed by atoms with Gasteiger partial charge in [-0.1, -0.05) is 0 Å². The summed E-state index contributed by atoms with van der Waals surface area (Å²) in [6, 6.07) is 3.94. The van der Waals surface area contributed by atoms with Crippen molar-refractivity contribution in [2.24, 2.45) is 0 Å². The standard InChI is InChI=1S/C16H12FN3O4/c1-23-10-7-8(3-4-9(10)17)20-13-14(21)11-12(19-6-5-18-11)15(22)16(13)24-2/h3-7,20H,1-2H3. The summed E-state index contributed by atoms with van der Waals surface area (Å²) < 4.78 is 23.5. The Morgan fingerprint density at radius 3 is 2.29 bits per heavy atom. The Bertz CT molecular complexity index is 879. The number of hydrogen-bond donors (Lipinski definition) is 1. The monoisotopic (exact) mass is 329 g/mol. The number of ketones is 2. The van der Waals surface area contributed by atoms with Crippen LogP contribution in [-0.2, 0) is 4.74 Å². The molecule has 3 rings (SSSR count). The molecule has 1 aliphatic rings. The number of methoxy groups -OCH3 is 2. The van der Waals surface area contributed by atoms with Crippen LogP contribution in [0.1, 0.15) is 21.0 Å². The molecule has 1 heterocycles. The van der Waals surface area contributed by atoms with Crippen LogP contribution in [0, 0.1) is 5.82 Å². The maximum atomic E-state index is 13.5. The molecule has 0 unspecified atom stereocenters. The number of anilines is 1. The van der Waals surface area contributed by atoms with E-state index in [0.29, 0.717) is 5.69 Å². The molecule has 0 aliphatic heterocycles. The van der Waals surface area contributed by atoms with Crippen LogP contribution >= 0.6 is 0 Å². The largest absolute Gasteiger partial charge is 0.494 e. The highest BCUT2D eigenvalue weighted by Crippen LogP contribution is 2.27. The first-order valence-corrected chi connectivity index (χ1v) is 6.86. The van der Waals surface area contributed by atoms with E-state index in [9.17, 15) is 14.0 Å². The van der Waals surface area contributed by atoms with Gasteiger partial charge in [-0.25, -0.2) is 14.4 Å². The van der Waals surface area contributed by atoms with Crippen LogP contribution in [0.5, 0.6) is 5.75 Å². The van der Waals surface area contributed by atoms with E-state index in [1.807, 2.05) is 0 Å². The molecule has 0 fully saturated rings. The Labute approximate surface area is 136 Å². The molecule has 0 radical (unpaired) electrons. The van der Waals surface area contributed by atoms with Gasteiger partial charge in [-0.05, 0) is 12.1 Å². The second kappa shape index (κ2) is 6.07. The highest BCUT2D eigenvalue weighted by atomic mass is 19.1. The molecule has 8 heteroatoms. The molecule has 0 saturated carbocycles. The zero-order valence-electron chi connectivity index (χ0n) is 12.8. The van der Waals surface area contributed by atoms with Gasteiger partial charge in [0.25, 0.3) is 5.78 Å². The van der Waals surface area contributed by atoms with E-state index in [0.717, 1.165) is 0 Å². The number of carbonyl (C=O) groups is 2. The van der Waals surface area contributed by atoms with Gasteiger partial charge in [0.15, 0.2) is 17.3 Å². The van der Waals surface area contributed by atoms with Crippen LogP contribution in [0.25, 0.3) is 0 Å². The van der Waals surface area contributed by atoms with Crippen molar-refractivity contribution in [3.63, 3.8) is 0 Å². The fourth-order valence-corrected chi connectivity index (χ4v) is 2.30. The SMILES string of the molecule is COC1=C(Nc2ccc(F)c(OC)c2)C(=O)c2nccnc2C1=O. The molecule has 24 heavy (non-hydrogen) atoms. The minimum atomic E-state index is -0.559. The number of nitrogens with one attached hydrogen (secondary N) is 1. The average Bonchev–Trinajstić information content (AvgIpc) is 2.61. The Hall–Kier alpha value is -3.29. The lowest BCUT2D eigenvalue weighted by molar-refractivity contribution is 0.0899. The Kier molecular flexibility index (Phi) is 3.95. The predicted molar refractivity (Wildman–Crippen MR) is 81.3 cm³/mol. The van der Waals surface area contributed by atoms with Gasteiger partial charge < -0.3 is 14.8 Å². The maximum Gasteiger partial charge on any atom is 0.250 e. The van der Waals surface area contributed by atoms with Crippen molar-refractivity contribution >= 4 is 17.3 Å². The van der Waals surface area contributed by atoms with Gasteiger partial charge in [0.2, 0.25) is 5.78 Å². The molecule has 1 aromatic heterocycles. The van der Waals surface area contributed by atoms with Crippen LogP contribution in [-0.4, -0.2) is 35.8 Å². The lowest BCUT2D eigenvalue weighted by Crippen LogP contribution is -2.28. The Morgan fingerprint density at radius 2 is 1.67 bits per heavy atom. The summed E-state index contributed by atoms with van der Waals surface area (Å²) >= 11 is 0. The van der Waals surface area contributed by atoms with Crippen molar-refractivity contribution in [3.05, 3.63) is 59.3 Å². The number of hydrogen-bond acceptors (Lipinski definition) is 7. The van der Waals surface area contributed by atoms with Gasteiger partial charge in [0.05, 0.1) is 14.2 Å². The first-order chi connectivity index (χ1) is 11.6. The molecule has 2 aromatic rings. The summed E-state index contributed by atoms with van der Waals surface area (Å²) in [6.45, 7) is 0. The minimum Gasteiger partial charge on any atom is -0.494 e. The number of halogens is 1. The second-order valence-corrected chi connectivity index (χ2v) is 4.79. The number of benzene rings is 1. The number of rotatable bonds is 4. The van der Waals surface area contributed by atoms with E-state index >= 15 is 0 Å². The van der Waals surface area contributed by atoms with E-state index in [2.05, 4.69) is 15.3 Å². The summed E-state index contributed by atoms with van der Waals surface area (Å²) in [5, 5.41) is 2.77. The molecular formula is C16H12FN3O4. The fourth-order valence-electron chi connectivity index (χ4n) is 2.30. The van der Waals surface area contributed by atoms with Crippen LogP contribution in [0.15, 0.2) is 42.0 Å². The predicted octanol–water partition coefficient (Wildman–Crippen LogP) is 1.97. The third-order valence-corrected chi connectivity index (χ3v) is 3.41. The van der Waals surface area contributed by atoms with Gasteiger partial charge in [0, 0.05) is 24.1 Å². The number of carbonyl (C=O) groups excluding carboxylic acids is 2. The van der Waals surface area contributed by atoms with Crippen LogP contribution in [0.4, 0.5) is 10.1 Å². The number of aromatic nitrogens is 2. The highest BCUT2D eigenvalue weighted by molar-refractivity contribution is 6.25. The molecule has 1 N–H and O–H groups in total. The summed E-state index contributed by atoms with van der Waals surface area (Å²) in [7, 11) is 2.60. The summed E-state index contributed by atoms with van der Waals surface area (Å²) in [5.41, 5.74) is 0.122. The third-order valence-electron chi connectivity index (χ3n) is 3.41. The molecule has 0 bridgehead atoms. The van der Waals surface area contributed by atoms with E-state index < -0.39 is 17.4 Å². The van der Waals surface area contributed by atoms with Crippen molar-refractivity contribution in [1.29, 1.82) is 0 Å². The van der Waals surface area contributed by atoms with Crippen molar-refractivity contribution < 1.29 is 23.5 Å². The maximum absolute atomic E-state index is 13.5. The Balaban J connectivity index is 2.05. The molecule has 122 valence electrons. The van der Waals surface area contributed by atoms with Crippen molar-refractivity contribution in [1.82, 2.24) is 9.97 Å². The molecule has 1 aliphatic carbocycles. The summed E-state index contributed by atoms with van der Waals surface area (Å²) in [4.78, 5) is 32.8. The number of Topliss-reactive ketones (excluding diaryl/α,β-unsaturated/α-hetero) is 2. The van der Waals surface area contributed by atoms with Gasteiger partial charge in [0.1, 0.15) is 17.1 Å². The second-order valence-electron chi connectivity index (χ2n) is 4.79. The average molecular weight is 329 g/mol. The minimum absolute atomic E-state index is 0.00524. The van der Waals surface area contributed by atoms with E-state index in [1.165, 1.54) is 44.8 Å². The van der Waals surface area contributed by atoms with Crippen molar-refractivity contribution in [3.8, 4) is 5.75 Å². The van der Waals surface area contributed by atoms with Crippen molar-refractivity contribution in [2.75, 3.05) is 19.5 Å². The first-order valence-electron chi connectivity index (χ1n) is 6.86. The lowest BCUT2D eigenvalue weighted by Gasteiger charge is -2.19. The van der Waals surface area contributed by atoms with Gasteiger partial charge >= 0.3 is 0 Å². The normalized spacial score (nSPS) is 13.6. The van der Waals surface area contributed by atoms with Crippen LogP contribution < -0.4 is 10.1 Å². The van der Waals surface area contributed by atoms with Crippen LogP contribution in [0.2, 0.25) is 0 Å². The molecule has 0 atom stereocenters. The molecular weight excluding hydrogens is 317 g/mol. The number of ether oxygens (including phenoxy) is 2. The first kappa shape index (κ1) is 15.6. The number of fused-ring (bicyclic) bond motifs is 1. The summed E-state index contributed by atoms with van der Waals surface area (Å²) in [6.07, 6.45) is 2.64. The topological polar surface area (TPSA) is 90.4 Å². The number of allylic oxidation sites excluding steroid dienone is 2. The molecule has 0 amide bonds. The molecule has 7 nitrogen and oxygen atoms in total. The van der Waals surface area contributed by atoms with Gasteiger partial charge in [-0.3, -0.25) is 9.59 Å². The lowest BCUT2D eigenvalue weighted by atomic mass is 9.99.